The van der Waals surface area contributed by atoms with Crippen molar-refractivity contribution in [1.29, 1.82) is 0 Å². The summed E-state index contributed by atoms with van der Waals surface area (Å²) >= 11 is 0. The molecule has 2 aromatic carbocycles. The summed E-state index contributed by atoms with van der Waals surface area (Å²) in [5, 5.41) is 46.9. The molecule has 0 aliphatic heterocycles. The predicted molar refractivity (Wildman–Crippen MR) is 64.6 cm³/mol. The van der Waals surface area contributed by atoms with E-state index in [2.05, 4.69) is 0 Å². The van der Waals surface area contributed by atoms with E-state index >= 15 is 0 Å². The Morgan fingerprint density at radius 3 is 1.95 bits per heavy atom. The molecule has 0 fully saturated rings. The smallest absolute Gasteiger partial charge is 0.200 e. The van der Waals surface area contributed by atoms with Gasteiger partial charge in [0, 0.05) is 6.07 Å². The standard InChI is InChI=1S/C13H10O6/c14-6-1-2-9(15)7(3-6)13(19)8-4-11(17)12(18)5-10(8)16/h1-5,14-18H. The SMILES string of the molecule is O=C(c1cc(O)ccc1O)c1cc(O)c(O)cc1O. The molecule has 0 atom stereocenters. The molecule has 0 saturated carbocycles. The first-order valence-corrected chi connectivity index (χ1v) is 5.21. The summed E-state index contributed by atoms with van der Waals surface area (Å²) in [4.78, 5) is 12.1. The van der Waals surface area contributed by atoms with Gasteiger partial charge in [-0.3, -0.25) is 4.79 Å². The van der Waals surface area contributed by atoms with Gasteiger partial charge in [-0.05, 0) is 24.3 Å². The third-order valence-electron chi connectivity index (χ3n) is 2.56. The second-order valence-corrected chi connectivity index (χ2v) is 3.89. The average molecular weight is 262 g/mol. The number of phenolic OH excluding ortho intramolecular Hbond substituents is 5. The lowest BCUT2D eigenvalue weighted by molar-refractivity contribution is 0.103. The van der Waals surface area contributed by atoms with E-state index in [4.69, 9.17) is 5.11 Å². The minimum absolute atomic E-state index is 0.233. The summed E-state index contributed by atoms with van der Waals surface area (Å²) in [7, 11) is 0. The topological polar surface area (TPSA) is 118 Å². The number of hydrogen-bond donors (Lipinski definition) is 5. The van der Waals surface area contributed by atoms with Crippen LogP contribution >= 0.6 is 0 Å². The molecule has 5 N–H and O–H groups in total. The monoisotopic (exact) mass is 262 g/mol. The fourth-order valence-corrected chi connectivity index (χ4v) is 1.60. The van der Waals surface area contributed by atoms with Crippen LogP contribution in [0.2, 0.25) is 0 Å². The Kier molecular flexibility index (Phi) is 2.92. The lowest BCUT2D eigenvalue weighted by atomic mass is 10.0. The van der Waals surface area contributed by atoms with Crippen LogP contribution in [0, 0.1) is 0 Å². The molecule has 2 rings (SSSR count). The Hall–Kier alpha value is -2.89. The van der Waals surface area contributed by atoms with Crippen molar-refractivity contribution in [3.8, 4) is 28.7 Å². The fraction of sp³-hybridized carbons (Fsp3) is 0. The fourth-order valence-electron chi connectivity index (χ4n) is 1.60. The zero-order chi connectivity index (χ0) is 14.2. The van der Waals surface area contributed by atoms with Crippen LogP contribution in [0.4, 0.5) is 0 Å². The molecule has 0 aliphatic carbocycles. The zero-order valence-electron chi connectivity index (χ0n) is 9.53. The highest BCUT2D eigenvalue weighted by molar-refractivity contribution is 6.12. The summed E-state index contributed by atoms with van der Waals surface area (Å²) in [6, 6.07) is 5.03. The van der Waals surface area contributed by atoms with Crippen LogP contribution in [0.25, 0.3) is 0 Å². The first-order valence-electron chi connectivity index (χ1n) is 5.21. The number of carbonyl (C=O) groups excluding carboxylic acids is 1. The van der Waals surface area contributed by atoms with E-state index < -0.39 is 23.0 Å². The first kappa shape index (κ1) is 12.6. The van der Waals surface area contributed by atoms with Gasteiger partial charge in [0.05, 0.1) is 11.1 Å². The Labute approximate surface area is 107 Å². The maximum absolute atomic E-state index is 12.1. The third kappa shape index (κ3) is 2.23. The van der Waals surface area contributed by atoms with E-state index in [9.17, 15) is 25.2 Å². The summed E-state index contributed by atoms with van der Waals surface area (Å²) in [6.07, 6.45) is 0. The molecule has 19 heavy (non-hydrogen) atoms. The van der Waals surface area contributed by atoms with Gasteiger partial charge in [-0.1, -0.05) is 0 Å². The van der Waals surface area contributed by atoms with Crippen LogP contribution < -0.4 is 0 Å². The molecule has 0 bridgehead atoms. The molecule has 0 heterocycles. The zero-order valence-corrected chi connectivity index (χ0v) is 9.53. The molecular weight excluding hydrogens is 252 g/mol. The number of rotatable bonds is 2. The second-order valence-electron chi connectivity index (χ2n) is 3.89. The van der Waals surface area contributed by atoms with Gasteiger partial charge in [0.2, 0.25) is 5.78 Å². The van der Waals surface area contributed by atoms with Gasteiger partial charge < -0.3 is 25.5 Å². The van der Waals surface area contributed by atoms with Crippen molar-refractivity contribution in [2.45, 2.75) is 0 Å². The van der Waals surface area contributed by atoms with Gasteiger partial charge in [-0.15, -0.1) is 0 Å². The van der Waals surface area contributed by atoms with Gasteiger partial charge in [-0.25, -0.2) is 0 Å². The molecule has 0 aromatic heterocycles. The van der Waals surface area contributed by atoms with Crippen molar-refractivity contribution in [1.82, 2.24) is 0 Å². The minimum atomic E-state index is -0.804. The van der Waals surface area contributed by atoms with E-state index in [0.717, 1.165) is 24.3 Å². The van der Waals surface area contributed by atoms with Crippen LogP contribution in [0.1, 0.15) is 15.9 Å². The van der Waals surface area contributed by atoms with Gasteiger partial charge in [-0.2, -0.15) is 0 Å². The van der Waals surface area contributed by atoms with Crippen molar-refractivity contribution < 1.29 is 30.3 Å². The molecular formula is C13H10O6. The van der Waals surface area contributed by atoms with Crippen LogP contribution in [0.3, 0.4) is 0 Å². The number of ketones is 1. The van der Waals surface area contributed by atoms with Crippen molar-refractivity contribution in [2.24, 2.45) is 0 Å². The normalized spacial score (nSPS) is 10.3. The molecule has 98 valence electrons. The highest BCUT2D eigenvalue weighted by atomic mass is 16.3. The van der Waals surface area contributed by atoms with Gasteiger partial charge in [0.1, 0.15) is 17.2 Å². The van der Waals surface area contributed by atoms with Crippen LogP contribution in [0.5, 0.6) is 28.7 Å². The predicted octanol–water partition coefficient (Wildman–Crippen LogP) is 1.45. The highest BCUT2D eigenvalue weighted by Crippen LogP contribution is 2.35. The van der Waals surface area contributed by atoms with Gasteiger partial charge in [0.25, 0.3) is 0 Å². The highest BCUT2D eigenvalue weighted by Gasteiger charge is 2.19. The summed E-state index contributed by atoms with van der Waals surface area (Å²) in [5.74, 6) is -3.13. The van der Waals surface area contributed by atoms with Gasteiger partial charge >= 0.3 is 0 Å². The van der Waals surface area contributed by atoms with E-state index in [-0.39, 0.29) is 22.6 Å². The summed E-state index contributed by atoms with van der Waals surface area (Å²) in [5.41, 5.74) is -0.545. The largest absolute Gasteiger partial charge is 0.508 e. The van der Waals surface area contributed by atoms with Crippen LogP contribution in [-0.4, -0.2) is 31.3 Å². The van der Waals surface area contributed by atoms with Gasteiger partial charge in [0.15, 0.2) is 11.5 Å². The lowest BCUT2D eigenvalue weighted by Gasteiger charge is -2.08. The lowest BCUT2D eigenvalue weighted by Crippen LogP contribution is -2.02. The number of aromatic hydroxyl groups is 5. The molecule has 6 nitrogen and oxygen atoms in total. The molecule has 6 heteroatoms. The van der Waals surface area contributed by atoms with Crippen molar-refractivity contribution >= 4 is 5.78 Å². The van der Waals surface area contributed by atoms with Crippen molar-refractivity contribution in [3.05, 3.63) is 41.5 Å². The number of hydrogen-bond acceptors (Lipinski definition) is 6. The molecule has 0 radical (unpaired) electrons. The molecule has 0 aliphatic rings. The Bertz CT molecular complexity index is 662. The maximum Gasteiger partial charge on any atom is 0.200 e. The minimum Gasteiger partial charge on any atom is -0.508 e. The number of carbonyl (C=O) groups is 1. The quantitative estimate of drug-likeness (QED) is 0.317. The van der Waals surface area contributed by atoms with E-state index in [0.29, 0.717) is 0 Å². The van der Waals surface area contributed by atoms with E-state index in [1.165, 1.54) is 6.07 Å². The van der Waals surface area contributed by atoms with Crippen molar-refractivity contribution in [3.63, 3.8) is 0 Å². The second kappa shape index (κ2) is 4.41. The number of phenols is 5. The van der Waals surface area contributed by atoms with E-state index in [1.54, 1.807) is 0 Å². The number of benzene rings is 2. The summed E-state index contributed by atoms with van der Waals surface area (Å²) < 4.78 is 0. The van der Waals surface area contributed by atoms with Crippen molar-refractivity contribution in [2.75, 3.05) is 0 Å². The Morgan fingerprint density at radius 1 is 0.684 bits per heavy atom. The first-order chi connectivity index (χ1) is 8.90. The van der Waals surface area contributed by atoms with Crippen LogP contribution in [-0.2, 0) is 0 Å². The molecule has 2 aromatic rings. The third-order valence-corrected chi connectivity index (χ3v) is 2.56. The van der Waals surface area contributed by atoms with Crippen LogP contribution in [0.15, 0.2) is 30.3 Å². The molecule has 0 saturated heterocycles. The Morgan fingerprint density at radius 2 is 1.26 bits per heavy atom. The Balaban J connectivity index is 2.56. The molecule has 0 amide bonds. The molecule has 0 unspecified atom stereocenters. The molecule has 0 spiro atoms. The summed E-state index contributed by atoms with van der Waals surface area (Å²) in [6.45, 7) is 0. The van der Waals surface area contributed by atoms with E-state index in [1.807, 2.05) is 0 Å². The maximum atomic E-state index is 12.1. The average Bonchev–Trinajstić information content (AvgIpc) is 2.36.